The highest BCUT2D eigenvalue weighted by Crippen LogP contribution is 2.00. The van der Waals surface area contributed by atoms with Crippen molar-refractivity contribution in [1.29, 1.82) is 0 Å². The molecular weight excluding hydrogens is 272 g/mol. The van der Waals surface area contributed by atoms with Gasteiger partial charge >= 0.3 is 5.97 Å². The minimum Gasteiger partial charge on any atom is -0.481 e. The molecule has 21 heavy (non-hydrogen) atoms. The number of aromatic amines is 1. The first-order valence-corrected chi connectivity index (χ1v) is 6.39. The summed E-state index contributed by atoms with van der Waals surface area (Å²) < 4.78 is 5.07. The number of hydrogen-bond donors (Lipinski definition) is 2. The van der Waals surface area contributed by atoms with Gasteiger partial charge in [-0.1, -0.05) is 30.3 Å². The van der Waals surface area contributed by atoms with Crippen LogP contribution in [0.5, 0.6) is 0 Å². The molecule has 112 valence electrons. The number of aliphatic carboxylic acids is 1. The Bertz CT molecular complexity index is 538. The number of imidazole rings is 1. The molecule has 0 fully saturated rings. The van der Waals surface area contributed by atoms with Crippen LogP contribution in [0.3, 0.4) is 0 Å². The average molecular weight is 290 g/mol. The summed E-state index contributed by atoms with van der Waals surface area (Å²) in [6.45, 7) is 2.09. The van der Waals surface area contributed by atoms with E-state index in [1.54, 1.807) is 12.4 Å². The van der Waals surface area contributed by atoms with Gasteiger partial charge in [-0.15, -0.1) is 0 Å². The maximum absolute atomic E-state index is 10.9. The zero-order chi connectivity index (χ0) is 15.5. The van der Waals surface area contributed by atoms with Gasteiger partial charge in [0.05, 0.1) is 6.61 Å². The number of carbonyl (C=O) groups excluding carboxylic acids is 1. The number of aromatic nitrogens is 2. The predicted molar refractivity (Wildman–Crippen MR) is 76.7 cm³/mol. The molecule has 1 aromatic carbocycles. The van der Waals surface area contributed by atoms with Crippen LogP contribution in [0.4, 0.5) is 0 Å². The normalized spacial score (nSPS) is 9.57. The molecule has 1 aromatic heterocycles. The summed E-state index contributed by atoms with van der Waals surface area (Å²) in [5.74, 6) is -0.572. The number of carbonyl (C=O) groups is 2. The summed E-state index contributed by atoms with van der Waals surface area (Å²) in [5.41, 5.74) is 0.959. The molecule has 0 unspecified atom stereocenters. The van der Waals surface area contributed by atoms with Crippen molar-refractivity contribution >= 4 is 11.8 Å². The topological polar surface area (TPSA) is 92.3 Å². The quantitative estimate of drug-likeness (QED) is 0.793. The lowest BCUT2D eigenvalue weighted by Crippen LogP contribution is -2.13. The third-order valence-corrected chi connectivity index (χ3v) is 2.36. The second kappa shape index (κ2) is 9.44. The maximum atomic E-state index is 10.9. The summed E-state index contributed by atoms with van der Waals surface area (Å²) >= 11 is 0. The van der Waals surface area contributed by atoms with Crippen LogP contribution in [-0.4, -0.2) is 33.4 Å². The van der Waals surface area contributed by atoms with Gasteiger partial charge in [0, 0.05) is 12.4 Å². The van der Waals surface area contributed by atoms with Gasteiger partial charge in [0.2, 0.25) is 0 Å². The van der Waals surface area contributed by atoms with Crippen LogP contribution < -0.4 is 0 Å². The highest BCUT2D eigenvalue weighted by atomic mass is 16.5. The molecule has 2 aromatic rings. The molecule has 6 nitrogen and oxygen atoms in total. The summed E-state index contributed by atoms with van der Waals surface area (Å²) in [6.07, 6.45) is 3.06. The molecule has 0 atom stereocenters. The highest BCUT2D eigenvalue weighted by molar-refractivity contribution is 5.95. The van der Waals surface area contributed by atoms with Crippen LogP contribution >= 0.6 is 0 Å². The number of hydrogen-bond acceptors (Lipinski definition) is 4. The van der Waals surface area contributed by atoms with Crippen LogP contribution in [-0.2, 0) is 20.9 Å². The molecule has 0 saturated heterocycles. The fraction of sp³-hybridized carbons (Fsp3) is 0.267. The number of carboxylic acid groups (broad SMARTS) is 1. The van der Waals surface area contributed by atoms with Crippen LogP contribution in [0.1, 0.15) is 17.8 Å². The maximum Gasteiger partial charge on any atom is 0.310 e. The van der Waals surface area contributed by atoms with Gasteiger partial charge in [-0.05, 0) is 12.5 Å². The second-order valence-corrected chi connectivity index (χ2v) is 4.26. The Hall–Kier alpha value is -2.47. The first kappa shape index (κ1) is 16.6. The summed E-state index contributed by atoms with van der Waals surface area (Å²) in [7, 11) is 0. The van der Waals surface area contributed by atoms with Crippen molar-refractivity contribution < 1.29 is 19.4 Å². The Labute approximate surface area is 122 Å². The molecule has 0 amide bonds. The molecule has 2 rings (SSSR count). The number of ketones is 1. The number of carboxylic acids is 1. The lowest BCUT2D eigenvalue weighted by molar-refractivity contribution is -0.141. The van der Waals surface area contributed by atoms with Crippen LogP contribution in [0.2, 0.25) is 0 Å². The molecule has 0 aliphatic heterocycles. The number of rotatable bonds is 6. The number of ether oxygens (including phenoxy) is 1. The zero-order valence-electron chi connectivity index (χ0n) is 11.8. The Kier molecular flexibility index (Phi) is 7.45. The standard InChI is InChI=1S/C11H12O4.C4H6N2/c12-10(6-11(13)14)8-15-7-9-4-2-1-3-5-9;1-4-5-2-3-6-4/h1-5H,6-8H2,(H,13,14);2-3H,1H3,(H,5,6). The molecule has 1 heterocycles. The Balaban J connectivity index is 0.000000304. The van der Waals surface area contributed by atoms with E-state index in [9.17, 15) is 9.59 Å². The fourth-order valence-electron chi connectivity index (χ4n) is 1.42. The SMILES string of the molecule is Cc1ncc[nH]1.O=C(O)CC(=O)COCc1ccccc1. The first-order valence-electron chi connectivity index (χ1n) is 6.39. The largest absolute Gasteiger partial charge is 0.481 e. The van der Waals surface area contributed by atoms with E-state index < -0.39 is 18.2 Å². The number of H-pyrrole nitrogens is 1. The molecule has 0 bridgehead atoms. The van der Waals surface area contributed by atoms with Gasteiger partial charge in [-0.25, -0.2) is 4.98 Å². The third kappa shape index (κ3) is 8.33. The van der Waals surface area contributed by atoms with E-state index >= 15 is 0 Å². The van der Waals surface area contributed by atoms with Gasteiger partial charge < -0.3 is 14.8 Å². The third-order valence-electron chi connectivity index (χ3n) is 2.36. The predicted octanol–water partition coefficient (Wildman–Crippen LogP) is 1.97. The van der Waals surface area contributed by atoms with Crippen molar-refractivity contribution in [2.75, 3.05) is 6.61 Å². The summed E-state index contributed by atoms with van der Waals surface area (Å²) in [5, 5.41) is 8.32. The molecule has 0 spiro atoms. The van der Waals surface area contributed by atoms with E-state index in [0.717, 1.165) is 11.4 Å². The minimum absolute atomic E-state index is 0.152. The van der Waals surface area contributed by atoms with Gasteiger partial charge in [-0.2, -0.15) is 0 Å². The Morgan fingerprint density at radius 1 is 1.29 bits per heavy atom. The Morgan fingerprint density at radius 3 is 2.48 bits per heavy atom. The number of benzene rings is 1. The van der Waals surface area contributed by atoms with E-state index in [4.69, 9.17) is 9.84 Å². The van der Waals surface area contributed by atoms with E-state index in [1.165, 1.54) is 0 Å². The Morgan fingerprint density at radius 2 is 2.00 bits per heavy atom. The second-order valence-electron chi connectivity index (χ2n) is 4.26. The van der Waals surface area contributed by atoms with E-state index in [1.807, 2.05) is 37.3 Å². The van der Waals surface area contributed by atoms with Gasteiger partial charge in [-0.3, -0.25) is 9.59 Å². The van der Waals surface area contributed by atoms with Crippen LogP contribution in [0.25, 0.3) is 0 Å². The first-order chi connectivity index (χ1) is 10.1. The number of Topliss-reactive ketones (excluding diaryl/α,β-unsaturated/α-hetero) is 1. The highest BCUT2D eigenvalue weighted by Gasteiger charge is 2.07. The van der Waals surface area contributed by atoms with E-state index in [-0.39, 0.29) is 6.61 Å². The minimum atomic E-state index is -1.12. The van der Waals surface area contributed by atoms with Crippen molar-refractivity contribution in [3.63, 3.8) is 0 Å². The van der Waals surface area contributed by atoms with Crippen molar-refractivity contribution in [2.24, 2.45) is 0 Å². The number of aryl methyl sites for hydroxylation is 1. The lowest BCUT2D eigenvalue weighted by atomic mass is 10.2. The number of nitrogens with one attached hydrogen (secondary N) is 1. The van der Waals surface area contributed by atoms with Gasteiger partial charge in [0.1, 0.15) is 18.9 Å². The van der Waals surface area contributed by atoms with Gasteiger partial charge in [0.25, 0.3) is 0 Å². The van der Waals surface area contributed by atoms with Crippen molar-refractivity contribution in [3.05, 3.63) is 54.1 Å². The van der Waals surface area contributed by atoms with Crippen molar-refractivity contribution in [1.82, 2.24) is 9.97 Å². The van der Waals surface area contributed by atoms with E-state index in [2.05, 4.69) is 9.97 Å². The average Bonchev–Trinajstić information content (AvgIpc) is 2.91. The molecular formula is C15H18N2O4. The fourth-order valence-corrected chi connectivity index (χ4v) is 1.42. The van der Waals surface area contributed by atoms with E-state index in [0.29, 0.717) is 6.61 Å². The molecule has 0 aliphatic rings. The lowest BCUT2D eigenvalue weighted by Gasteiger charge is -2.02. The van der Waals surface area contributed by atoms with Crippen molar-refractivity contribution in [3.8, 4) is 0 Å². The van der Waals surface area contributed by atoms with Crippen molar-refractivity contribution in [2.45, 2.75) is 20.0 Å². The summed E-state index contributed by atoms with van der Waals surface area (Å²) in [6, 6.07) is 9.39. The monoisotopic (exact) mass is 290 g/mol. The molecule has 2 N–H and O–H groups in total. The molecule has 0 saturated carbocycles. The smallest absolute Gasteiger partial charge is 0.310 e. The zero-order valence-corrected chi connectivity index (χ0v) is 11.8. The van der Waals surface area contributed by atoms with Crippen LogP contribution in [0.15, 0.2) is 42.7 Å². The molecule has 6 heteroatoms. The van der Waals surface area contributed by atoms with Gasteiger partial charge in [0.15, 0.2) is 5.78 Å². The van der Waals surface area contributed by atoms with Crippen LogP contribution in [0, 0.1) is 6.92 Å². The number of nitrogens with zero attached hydrogens (tertiary/aromatic N) is 1. The molecule has 0 aliphatic carbocycles. The molecule has 0 radical (unpaired) electrons. The summed E-state index contributed by atoms with van der Waals surface area (Å²) in [4.78, 5) is 27.9.